The summed E-state index contributed by atoms with van der Waals surface area (Å²) < 4.78 is 6.82. The lowest BCUT2D eigenvalue weighted by molar-refractivity contribution is 0.492. The second-order valence-electron chi connectivity index (χ2n) is 4.92. The van der Waals surface area contributed by atoms with Crippen LogP contribution in [0.4, 0.5) is 0 Å². The van der Waals surface area contributed by atoms with Crippen molar-refractivity contribution in [3.63, 3.8) is 0 Å². The number of nitrogens with zero attached hydrogens (tertiary/aromatic N) is 1. The lowest BCUT2D eigenvalue weighted by Gasteiger charge is -2.02. The molecule has 0 saturated heterocycles. The van der Waals surface area contributed by atoms with Crippen LogP contribution in [0.5, 0.6) is 0 Å². The van der Waals surface area contributed by atoms with E-state index in [4.69, 9.17) is 4.42 Å². The van der Waals surface area contributed by atoms with Crippen LogP contribution in [0, 0.1) is 13.8 Å². The topological polar surface area (TPSA) is 26.0 Å². The van der Waals surface area contributed by atoms with E-state index in [1.165, 1.54) is 11.1 Å². The molecule has 0 saturated carbocycles. The number of hydrogen-bond donors (Lipinski definition) is 0. The molecule has 1 aromatic carbocycles. The second kappa shape index (κ2) is 5.43. The molecule has 0 bridgehead atoms. The number of halogens is 1. The molecule has 0 aliphatic heterocycles. The fourth-order valence-corrected chi connectivity index (χ4v) is 2.45. The number of rotatable bonds is 3. The monoisotopic (exact) mass is 355 g/mol. The van der Waals surface area contributed by atoms with Crippen molar-refractivity contribution >= 4 is 22.6 Å². The first-order valence-corrected chi connectivity index (χ1v) is 7.68. The third kappa shape index (κ3) is 2.60. The van der Waals surface area contributed by atoms with Crippen molar-refractivity contribution in [1.29, 1.82) is 0 Å². The molecule has 0 unspecified atom stereocenters. The molecule has 0 amide bonds. The Morgan fingerprint density at radius 3 is 2.44 bits per heavy atom. The molecule has 96 valence electrons. The molecule has 3 heteroatoms. The first kappa shape index (κ1) is 13.6. The molecule has 18 heavy (non-hydrogen) atoms. The van der Waals surface area contributed by atoms with E-state index in [0.29, 0.717) is 5.92 Å². The number of hydrogen-bond acceptors (Lipinski definition) is 2. The van der Waals surface area contributed by atoms with E-state index < -0.39 is 0 Å². The highest BCUT2D eigenvalue weighted by Crippen LogP contribution is 2.29. The molecule has 0 aliphatic carbocycles. The van der Waals surface area contributed by atoms with Gasteiger partial charge in [0, 0.05) is 15.9 Å². The first-order chi connectivity index (χ1) is 8.52. The Balaban J connectivity index is 2.47. The normalized spacial score (nSPS) is 11.2. The van der Waals surface area contributed by atoms with Gasteiger partial charge < -0.3 is 4.42 Å². The summed E-state index contributed by atoms with van der Waals surface area (Å²) >= 11 is 2.33. The molecule has 1 heterocycles. The summed E-state index contributed by atoms with van der Waals surface area (Å²) in [5, 5.41) is 0. The van der Waals surface area contributed by atoms with Crippen molar-refractivity contribution < 1.29 is 4.42 Å². The van der Waals surface area contributed by atoms with Crippen LogP contribution in [-0.2, 0) is 4.43 Å². The average Bonchev–Trinajstić information content (AvgIpc) is 2.77. The molecule has 0 aliphatic rings. The van der Waals surface area contributed by atoms with E-state index >= 15 is 0 Å². The number of oxazole rings is 1. The van der Waals surface area contributed by atoms with Crippen LogP contribution < -0.4 is 0 Å². The van der Waals surface area contributed by atoms with Gasteiger partial charge >= 0.3 is 0 Å². The van der Waals surface area contributed by atoms with Gasteiger partial charge in [-0.3, -0.25) is 0 Å². The Morgan fingerprint density at radius 1 is 1.22 bits per heavy atom. The predicted molar refractivity (Wildman–Crippen MR) is 83.2 cm³/mol. The van der Waals surface area contributed by atoms with Gasteiger partial charge in [0.25, 0.3) is 0 Å². The average molecular weight is 355 g/mol. The summed E-state index contributed by atoms with van der Waals surface area (Å²) in [6.45, 7) is 8.51. The maximum atomic E-state index is 5.93. The molecule has 2 rings (SSSR count). The van der Waals surface area contributed by atoms with Gasteiger partial charge in [-0.2, -0.15) is 0 Å². The number of aryl methyl sites for hydroxylation is 2. The van der Waals surface area contributed by atoms with Gasteiger partial charge in [0.15, 0.2) is 0 Å². The van der Waals surface area contributed by atoms with Crippen molar-refractivity contribution in [3.8, 4) is 11.5 Å². The van der Waals surface area contributed by atoms with E-state index in [2.05, 4.69) is 73.5 Å². The Labute approximate surface area is 122 Å². The zero-order valence-electron chi connectivity index (χ0n) is 11.2. The molecular weight excluding hydrogens is 337 g/mol. The van der Waals surface area contributed by atoms with E-state index in [1.54, 1.807) is 0 Å². The highest BCUT2D eigenvalue weighted by Gasteiger charge is 2.16. The van der Waals surface area contributed by atoms with Gasteiger partial charge in [-0.25, -0.2) is 4.98 Å². The summed E-state index contributed by atoms with van der Waals surface area (Å²) in [6.07, 6.45) is 0. The summed E-state index contributed by atoms with van der Waals surface area (Å²) in [5.74, 6) is 2.13. The van der Waals surface area contributed by atoms with Gasteiger partial charge in [0.05, 0.1) is 5.69 Å². The van der Waals surface area contributed by atoms with Gasteiger partial charge in [-0.05, 0) is 37.1 Å². The third-order valence-corrected chi connectivity index (χ3v) is 3.85. The maximum Gasteiger partial charge on any atom is 0.226 e. The van der Waals surface area contributed by atoms with Crippen LogP contribution in [0.2, 0.25) is 0 Å². The van der Waals surface area contributed by atoms with Crippen LogP contribution in [-0.4, -0.2) is 4.98 Å². The molecular formula is C15H18INO. The highest BCUT2D eigenvalue weighted by molar-refractivity contribution is 14.1. The van der Waals surface area contributed by atoms with Crippen molar-refractivity contribution in [2.75, 3.05) is 0 Å². The van der Waals surface area contributed by atoms with Crippen molar-refractivity contribution in [1.82, 2.24) is 4.98 Å². The smallest absolute Gasteiger partial charge is 0.226 e. The predicted octanol–water partition coefficient (Wildman–Crippen LogP) is 5.02. The Bertz CT molecular complexity index is 558. The van der Waals surface area contributed by atoms with Gasteiger partial charge in [0.1, 0.15) is 5.76 Å². The Morgan fingerprint density at radius 2 is 1.94 bits per heavy atom. The molecule has 0 N–H and O–H groups in total. The fraction of sp³-hybridized carbons (Fsp3) is 0.400. The SMILES string of the molecule is Cc1ccc(-c2nc(CI)c(C(C)C)o2)cc1C. The summed E-state index contributed by atoms with van der Waals surface area (Å²) in [6, 6.07) is 6.34. The zero-order valence-corrected chi connectivity index (χ0v) is 13.4. The minimum absolute atomic E-state index is 0.377. The molecule has 0 radical (unpaired) electrons. The Kier molecular flexibility index (Phi) is 4.10. The highest BCUT2D eigenvalue weighted by atomic mass is 127. The third-order valence-electron chi connectivity index (χ3n) is 3.13. The maximum absolute atomic E-state index is 5.93. The summed E-state index contributed by atoms with van der Waals surface area (Å²) in [4.78, 5) is 4.62. The van der Waals surface area contributed by atoms with Gasteiger partial charge in [-0.1, -0.05) is 42.5 Å². The van der Waals surface area contributed by atoms with E-state index in [0.717, 1.165) is 27.3 Å². The molecule has 0 fully saturated rings. The minimum atomic E-state index is 0.377. The Hall–Kier alpha value is -0.840. The van der Waals surface area contributed by atoms with Crippen molar-refractivity contribution in [2.45, 2.75) is 38.0 Å². The minimum Gasteiger partial charge on any atom is -0.441 e. The van der Waals surface area contributed by atoms with Gasteiger partial charge in [0.2, 0.25) is 5.89 Å². The molecule has 2 aromatic rings. The van der Waals surface area contributed by atoms with E-state index in [-0.39, 0.29) is 0 Å². The summed E-state index contributed by atoms with van der Waals surface area (Å²) in [5.41, 5.74) is 4.70. The standard InChI is InChI=1S/C15H18INO/c1-9(2)14-13(8-16)17-15(18-14)12-6-5-10(3)11(4)7-12/h5-7,9H,8H2,1-4H3. The first-order valence-electron chi connectivity index (χ1n) is 6.16. The molecule has 1 aromatic heterocycles. The fourth-order valence-electron chi connectivity index (χ4n) is 1.91. The van der Waals surface area contributed by atoms with Crippen LogP contribution in [0.25, 0.3) is 11.5 Å². The zero-order chi connectivity index (χ0) is 13.3. The number of benzene rings is 1. The number of aromatic nitrogens is 1. The van der Waals surface area contributed by atoms with Crippen LogP contribution in [0.3, 0.4) is 0 Å². The lowest BCUT2D eigenvalue weighted by atomic mass is 10.1. The number of alkyl halides is 1. The summed E-state index contributed by atoms with van der Waals surface area (Å²) in [7, 11) is 0. The molecule has 0 atom stereocenters. The van der Waals surface area contributed by atoms with Crippen LogP contribution >= 0.6 is 22.6 Å². The van der Waals surface area contributed by atoms with Crippen molar-refractivity contribution in [2.24, 2.45) is 0 Å². The van der Waals surface area contributed by atoms with E-state index in [1.807, 2.05) is 0 Å². The molecule has 0 spiro atoms. The largest absolute Gasteiger partial charge is 0.441 e. The lowest BCUT2D eigenvalue weighted by Crippen LogP contribution is -1.89. The quantitative estimate of drug-likeness (QED) is 0.571. The van der Waals surface area contributed by atoms with Gasteiger partial charge in [-0.15, -0.1) is 0 Å². The second-order valence-corrected chi connectivity index (χ2v) is 5.68. The van der Waals surface area contributed by atoms with Crippen molar-refractivity contribution in [3.05, 3.63) is 40.8 Å². The van der Waals surface area contributed by atoms with Crippen LogP contribution in [0.15, 0.2) is 22.6 Å². The van der Waals surface area contributed by atoms with Crippen LogP contribution in [0.1, 0.15) is 42.3 Å². The molecule has 2 nitrogen and oxygen atoms in total. The van der Waals surface area contributed by atoms with E-state index in [9.17, 15) is 0 Å².